The van der Waals surface area contributed by atoms with Gasteiger partial charge in [-0.2, -0.15) is 0 Å². The molecule has 2 N–H and O–H groups in total. The average molecular weight is 233 g/mol. The van der Waals surface area contributed by atoms with Gasteiger partial charge in [-0.15, -0.1) is 12.3 Å². The smallest absolute Gasteiger partial charge is 0.119 e. The van der Waals surface area contributed by atoms with Gasteiger partial charge in [-0.3, -0.25) is 0 Å². The molecule has 0 aliphatic carbocycles. The van der Waals surface area contributed by atoms with E-state index in [2.05, 4.69) is 11.2 Å². The first-order valence-electron chi connectivity index (χ1n) is 5.74. The van der Waals surface area contributed by atoms with E-state index in [9.17, 15) is 5.11 Å². The number of aliphatic hydroxyl groups excluding tert-OH is 1. The molecule has 3 heteroatoms. The van der Waals surface area contributed by atoms with Crippen molar-refractivity contribution >= 4 is 0 Å². The van der Waals surface area contributed by atoms with E-state index in [4.69, 9.17) is 11.2 Å². The predicted molar refractivity (Wildman–Crippen MR) is 68.9 cm³/mol. The van der Waals surface area contributed by atoms with Gasteiger partial charge in [0.1, 0.15) is 5.75 Å². The van der Waals surface area contributed by atoms with E-state index in [0.717, 1.165) is 30.7 Å². The molecule has 1 aromatic carbocycles. The SMILES string of the molecule is C#CCCCNCC(O)c1cccc(OC)c1. The Balaban J connectivity index is 2.36. The zero-order valence-electron chi connectivity index (χ0n) is 10.1. The second-order valence-electron chi connectivity index (χ2n) is 3.80. The first-order valence-corrected chi connectivity index (χ1v) is 5.74. The number of hydrogen-bond donors (Lipinski definition) is 2. The van der Waals surface area contributed by atoms with Crippen LogP contribution in [0.25, 0.3) is 0 Å². The molecule has 0 saturated heterocycles. The van der Waals surface area contributed by atoms with Gasteiger partial charge in [-0.05, 0) is 30.7 Å². The second kappa shape index (κ2) is 7.72. The summed E-state index contributed by atoms with van der Waals surface area (Å²) in [6, 6.07) is 7.45. The van der Waals surface area contributed by atoms with Crippen molar-refractivity contribution in [3.63, 3.8) is 0 Å². The lowest BCUT2D eigenvalue weighted by Crippen LogP contribution is -2.22. The Hall–Kier alpha value is -1.50. The Labute approximate surface area is 103 Å². The highest BCUT2D eigenvalue weighted by Crippen LogP contribution is 2.18. The maximum Gasteiger partial charge on any atom is 0.119 e. The fourth-order valence-electron chi connectivity index (χ4n) is 1.52. The zero-order valence-corrected chi connectivity index (χ0v) is 10.1. The molecule has 17 heavy (non-hydrogen) atoms. The van der Waals surface area contributed by atoms with Crippen LogP contribution in [-0.2, 0) is 0 Å². The van der Waals surface area contributed by atoms with Gasteiger partial charge in [0.15, 0.2) is 0 Å². The fraction of sp³-hybridized carbons (Fsp3) is 0.429. The number of nitrogens with one attached hydrogen (secondary N) is 1. The van der Waals surface area contributed by atoms with Gasteiger partial charge in [0.05, 0.1) is 13.2 Å². The molecule has 92 valence electrons. The van der Waals surface area contributed by atoms with Crippen molar-refractivity contribution in [1.82, 2.24) is 5.32 Å². The van der Waals surface area contributed by atoms with Crippen LogP contribution in [0.5, 0.6) is 5.75 Å². The minimum absolute atomic E-state index is 0.518. The molecule has 0 spiro atoms. The highest BCUT2D eigenvalue weighted by atomic mass is 16.5. The average Bonchev–Trinajstić information content (AvgIpc) is 2.38. The van der Waals surface area contributed by atoms with Crippen LogP contribution in [0.2, 0.25) is 0 Å². The van der Waals surface area contributed by atoms with Gasteiger partial charge >= 0.3 is 0 Å². The summed E-state index contributed by atoms with van der Waals surface area (Å²) < 4.78 is 5.11. The fourth-order valence-corrected chi connectivity index (χ4v) is 1.52. The van der Waals surface area contributed by atoms with Crippen LogP contribution in [-0.4, -0.2) is 25.3 Å². The van der Waals surface area contributed by atoms with E-state index < -0.39 is 6.10 Å². The number of ether oxygens (including phenoxy) is 1. The third kappa shape index (κ3) is 4.90. The predicted octanol–water partition coefficient (Wildman–Crippen LogP) is 1.73. The third-order valence-electron chi connectivity index (χ3n) is 2.49. The number of rotatable bonds is 7. The van der Waals surface area contributed by atoms with Crippen LogP contribution < -0.4 is 10.1 Å². The van der Waals surface area contributed by atoms with Crippen molar-refractivity contribution in [3.8, 4) is 18.1 Å². The maximum atomic E-state index is 9.94. The largest absolute Gasteiger partial charge is 0.497 e. The molecule has 1 rings (SSSR count). The summed E-state index contributed by atoms with van der Waals surface area (Å²) in [5.74, 6) is 3.34. The van der Waals surface area contributed by atoms with E-state index >= 15 is 0 Å². The molecule has 3 nitrogen and oxygen atoms in total. The Morgan fingerprint density at radius 2 is 2.35 bits per heavy atom. The number of methoxy groups -OCH3 is 1. The molecule has 0 aliphatic rings. The third-order valence-corrected chi connectivity index (χ3v) is 2.49. The van der Waals surface area contributed by atoms with Crippen LogP contribution in [0, 0.1) is 12.3 Å². The Bertz CT molecular complexity index is 371. The topological polar surface area (TPSA) is 41.5 Å². The molecule has 1 atom stereocenters. The van der Waals surface area contributed by atoms with Crippen molar-refractivity contribution in [2.45, 2.75) is 18.9 Å². The summed E-state index contributed by atoms with van der Waals surface area (Å²) in [7, 11) is 1.61. The Kier molecular flexibility index (Phi) is 6.16. The normalized spacial score (nSPS) is 11.8. The van der Waals surface area contributed by atoms with E-state index in [-0.39, 0.29) is 0 Å². The van der Waals surface area contributed by atoms with Crippen LogP contribution in [0.4, 0.5) is 0 Å². The first kappa shape index (κ1) is 13.6. The number of hydrogen-bond acceptors (Lipinski definition) is 3. The van der Waals surface area contributed by atoms with Gasteiger partial charge in [0.25, 0.3) is 0 Å². The van der Waals surface area contributed by atoms with E-state index in [1.165, 1.54) is 0 Å². The molecule has 0 bridgehead atoms. The van der Waals surface area contributed by atoms with Crippen LogP contribution in [0.1, 0.15) is 24.5 Å². The molecule has 0 amide bonds. The number of benzene rings is 1. The van der Waals surface area contributed by atoms with Crippen LogP contribution in [0.3, 0.4) is 0 Å². The molecule has 0 heterocycles. The Morgan fingerprint density at radius 1 is 1.53 bits per heavy atom. The van der Waals surface area contributed by atoms with Gasteiger partial charge in [-0.1, -0.05) is 12.1 Å². The minimum atomic E-state index is -0.518. The van der Waals surface area contributed by atoms with E-state index in [1.54, 1.807) is 7.11 Å². The molecular weight excluding hydrogens is 214 g/mol. The van der Waals surface area contributed by atoms with Crippen LogP contribution >= 0.6 is 0 Å². The molecular formula is C14H19NO2. The number of unbranched alkanes of at least 4 members (excludes halogenated alkanes) is 1. The summed E-state index contributed by atoms with van der Waals surface area (Å²) in [5.41, 5.74) is 0.855. The highest BCUT2D eigenvalue weighted by Gasteiger charge is 2.07. The number of aliphatic hydroxyl groups is 1. The molecule has 0 fully saturated rings. The van der Waals surface area contributed by atoms with Crippen molar-refractivity contribution in [1.29, 1.82) is 0 Å². The molecule has 1 unspecified atom stereocenters. The number of terminal acetylenes is 1. The highest BCUT2D eigenvalue weighted by molar-refractivity contribution is 5.29. The van der Waals surface area contributed by atoms with Gasteiger partial charge in [0.2, 0.25) is 0 Å². The molecule has 1 aromatic rings. The van der Waals surface area contributed by atoms with Gasteiger partial charge in [-0.25, -0.2) is 0 Å². The van der Waals surface area contributed by atoms with Crippen molar-refractivity contribution in [2.75, 3.05) is 20.2 Å². The summed E-state index contributed by atoms with van der Waals surface area (Å²) in [5, 5.41) is 13.1. The molecule has 0 aliphatic heterocycles. The zero-order chi connectivity index (χ0) is 12.5. The summed E-state index contributed by atoms with van der Waals surface area (Å²) in [6.07, 6.45) is 6.33. The van der Waals surface area contributed by atoms with Crippen molar-refractivity contribution < 1.29 is 9.84 Å². The lowest BCUT2D eigenvalue weighted by Gasteiger charge is -2.12. The standard InChI is InChI=1S/C14H19NO2/c1-3-4-5-9-15-11-14(16)12-7-6-8-13(10-12)17-2/h1,6-8,10,14-16H,4-5,9,11H2,2H3. The summed E-state index contributed by atoms with van der Waals surface area (Å²) in [4.78, 5) is 0. The Morgan fingerprint density at radius 3 is 3.06 bits per heavy atom. The minimum Gasteiger partial charge on any atom is -0.497 e. The van der Waals surface area contributed by atoms with Gasteiger partial charge in [0, 0.05) is 13.0 Å². The molecule has 0 radical (unpaired) electrons. The van der Waals surface area contributed by atoms with E-state index in [1.807, 2.05) is 24.3 Å². The van der Waals surface area contributed by atoms with Crippen LogP contribution in [0.15, 0.2) is 24.3 Å². The van der Waals surface area contributed by atoms with E-state index in [0.29, 0.717) is 6.54 Å². The van der Waals surface area contributed by atoms with Crippen molar-refractivity contribution in [3.05, 3.63) is 29.8 Å². The quantitative estimate of drug-likeness (QED) is 0.556. The second-order valence-corrected chi connectivity index (χ2v) is 3.80. The monoisotopic (exact) mass is 233 g/mol. The lowest BCUT2D eigenvalue weighted by molar-refractivity contribution is 0.174. The molecule has 0 saturated carbocycles. The first-order chi connectivity index (χ1) is 8.27. The maximum absolute atomic E-state index is 9.94. The van der Waals surface area contributed by atoms with Gasteiger partial charge < -0.3 is 15.2 Å². The lowest BCUT2D eigenvalue weighted by atomic mass is 10.1. The summed E-state index contributed by atoms with van der Waals surface area (Å²) in [6.45, 7) is 1.35. The van der Waals surface area contributed by atoms with Crippen molar-refractivity contribution in [2.24, 2.45) is 0 Å². The summed E-state index contributed by atoms with van der Waals surface area (Å²) >= 11 is 0. The molecule has 0 aromatic heterocycles.